The van der Waals surface area contributed by atoms with E-state index in [9.17, 15) is 0 Å². The number of aryl methyl sites for hydroxylation is 1. The van der Waals surface area contributed by atoms with Gasteiger partial charge < -0.3 is 5.73 Å². The molecule has 1 aromatic heterocycles. The molecule has 0 unspecified atom stereocenters. The van der Waals surface area contributed by atoms with Crippen LogP contribution in [0.1, 0.15) is 68.7 Å². The highest BCUT2D eigenvalue weighted by atomic mass is 15.1. The molecular weight excluding hydrogens is 282 g/mol. The van der Waals surface area contributed by atoms with E-state index in [0.29, 0.717) is 6.04 Å². The van der Waals surface area contributed by atoms with Gasteiger partial charge >= 0.3 is 0 Å². The van der Waals surface area contributed by atoms with E-state index in [-0.39, 0.29) is 0 Å². The molecule has 0 aromatic carbocycles. The Kier molecular flexibility index (Phi) is 6.07. The fraction of sp³-hybridized carbons (Fsp3) is 0.750. The molecule has 2 fully saturated rings. The van der Waals surface area contributed by atoms with Crippen LogP contribution in [0, 0.1) is 11.8 Å². The summed E-state index contributed by atoms with van der Waals surface area (Å²) in [6, 6.07) is 5.16. The number of nitrogens with zero attached hydrogens (tertiary/aromatic N) is 2. The second-order valence-electron chi connectivity index (χ2n) is 7.74. The maximum Gasteiger partial charge on any atom is 0.0403 e. The summed E-state index contributed by atoms with van der Waals surface area (Å²) >= 11 is 0. The largest absolute Gasteiger partial charge is 0.330 e. The summed E-state index contributed by atoms with van der Waals surface area (Å²) in [5.74, 6) is 1.73. The molecule has 1 aliphatic heterocycles. The number of nitrogens with two attached hydrogens (primary N) is 1. The molecule has 1 atom stereocenters. The first-order chi connectivity index (χ1) is 11.3. The molecule has 3 heteroatoms. The molecule has 1 saturated carbocycles. The summed E-state index contributed by atoms with van der Waals surface area (Å²) in [5.41, 5.74) is 8.45. The van der Waals surface area contributed by atoms with Crippen molar-refractivity contribution < 1.29 is 0 Å². The van der Waals surface area contributed by atoms with Crippen LogP contribution in [0.5, 0.6) is 0 Å². The molecule has 0 spiro atoms. The predicted octanol–water partition coefficient (Wildman–Crippen LogP) is 3.94. The van der Waals surface area contributed by atoms with Gasteiger partial charge in [-0.05, 0) is 82.1 Å². The number of hydrogen-bond acceptors (Lipinski definition) is 3. The van der Waals surface area contributed by atoms with Crippen molar-refractivity contribution in [2.45, 2.75) is 63.8 Å². The number of hydrogen-bond donors (Lipinski definition) is 1. The van der Waals surface area contributed by atoms with Gasteiger partial charge in [0.15, 0.2) is 0 Å². The van der Waals surface area contributed by atoms with Crippen molar-refractivity contribution in [3.05, 3.63) is 29.6 Å². The molecule has 1 saturated heterocycles. The van der Waals surface area contributed by atoms with E-state index < -0.39 is 0 Å². The summed E-state index contributed by atoms with van der Waals surface area (Å²) in [6.45, 7) is 2.11. The van der Waals surface area contributed by atoms with E-state index in [4.69, 9.17) is 10.7 Å². The summed E-state index contributed by atoms with van der Waals surface area (Å²) in [6.07, 6.45) is 14.0. The molecule has 3 rings (SSSR count). The van der Waals surface area contributed by atoms with E-state index in [1.807, 2.05) is 0 Å². The van der Waals surface area contributed by atoms with E-state index >= 15 is 0 Å². The van der Waals surface area contributed by atoms with Crippen molar-refractivity contribution in [2.75, 3.05) is 20.1 Å². The van der Waals surface area contributed by atoms with Crippen LogP contribution < -0.4 is 5.73 Å². The van der Waals surface area contributed by atoms with Gasteiger partial charge in [-0.15, -0.1) is 0 Å². The first-order valence-electron chi connectivity index (χ1n) is 9.61. The summed E-state index contributed by atoms with van der Waals surface area (Å²) in [5, 5.41) is 0. The van der Waals surface area contributed by atoms with Crippen LogP contribution in [0.25, 0.3) is 0 Å². The Morgan fingerprint density at radius 3 is 2.52 bits per heavy atom. The zero-order valence-corrected chi connectivity index (χ0v) is 14.7. The topological polar surface area (TPSA) is 42.1 Å². The second kappa shape index (κ2) is 8.25. The first-order valence-corrected chi connectivity index (χ1v) is 9.61. The van der Waals surface area contributed by atoms with E-state index in [2.05, 4.69) is 30.3 Å². The molecule has 2 N–H and O–H groups in total. The van der Waals surface area contributed by atoms with Crippen LogP contribution in [-0.4, -0.2) is 30.0 Å². The van der Waals surface area contributed by atoms with Crippen LogP contribution in [0.15, 0.2) is 18.3 Å². The standard InChI is InChI=1S/C20H33N3/c1-23-13-3-6-20(23)18-11-12-19(22-15-18)5-2-4-16-7-9-17(14-21)10-8-16/h11-12,15-17,20H,2-10,13-14,21H2,1H3/t16?,17?,20-/m0/s1. The van der Waals surface area contributed by atoms with Crippen molar-refractivity contribution >= 4 is 0 Å². The summed E-state index contributed by atoms with van der Waals surface area (Å²) in [4.78, 5) is 7.18. The highest BCUT2D eigenvalue weighted by Gasteiger charge is 2.22. The zero-order valence-electron chi connectivity index (χ0n) is 14.7. The van der Waals surface area contributed by atoms with Gasteiger partial charge in [0.05, 0.1) is 0 Å². The lowest BCUT2D eigenvalue weighted by molar-refractivity contribution is 0.264. The Labute approximate surface area is 141 Å². The highest BCUT2D eigenvalue weighted by molar-refractivity contribution is 5.19. The average molecular weight is 316 g/mol. The fourth-order valence-electron chi connectivity index (χ4n) is 4.44. The molecule has 2 heterocycles. The molecule has 3 nitrogen and oxygen atoms in total. The molecular formula is C20H33N3. The molecule has 2 aliphatic rings. The lowest BCUT2D eigenvalue weighted by Gasteiger charge is -2.27. The van der Waals surface area contributed by atoms with Crippen molar-refractivity contribution in [3.63, 3.8) is 0 Å². The van der Waals surface area contributed by atoms with Crippen LogP contribution >= 0.6 is 0 Å². The lowest BCUT2D eigenvalue weighted by Crippen LogP contribution is -2.21. The Morgan fingerprint density at radius 1 is 1.13 bits per heavy atom. The fourth-order valence-corrected chi connectivity index (χ4v) is 4.44. The minimum Gasteiger partial charge on any atom is -0.330 e. The van der Waals surface area contributed by atoms with Gasteiger partial charge in [-0.1, -0.05) is 25.3 Å². The monoisotopic (exact) mass is 315 g/mol. The van der Waals surface area contributed by atoms with E-state index in [1.165, 1.54) is 69.2 Å². The van der Waals surface area contributed by atoms with Crippen molar-refractivity contribution in [1.82, 2.24) is 9.88 Å². The molecule has 1 aliphatic carbocycles. The summed E-state index contributed by atoms with van der Waals surface area (Å²) < 4.78 is 0. The number of rotatable bonds is 6. The van der Waals surface area contributed by atoms with Crippen LogP contribution in [-0.2, 0) is 6.42 Å². The number of pyridine rings is 1. The van der Waals surface area contributed by atoms with Crippen molar-refractivity contribution in [2.24, 2.45) is 17.6 Å². The minimum absolute atomic E-state index is 0.592. The van der Waals surface area contributed by atoms with Gasteiger partial charge in [0.1, 0.15) is 0 Å². The third-order valence-corrected chi connectivity index (χ3v) is 6.10. The summed E-state index contributed by atoms with van der Waals surface area (Å²) in [7, 11) is 2.23. The van der Waals surface area contributed by atoms with Crippen molar-refractivity contribution in [3.8, 4) is 0 Å². The van der Waals surface area contributed by atoms with Gasteiger partial charge in [0.2, 0.25) is 0 Å². The molecule has 1 aromatic rings. The Morgan fingerprint density at radius 2 is 1.91 bits per heavy atom. The van der Waals surface area contributed by atoms with Crippen LogP contribution in [0.3, 0.4) is 0 Å². The van der Waals surface area contributed by atoms with Gasteiger partial charge in [-0.25, -0.2) is 0 Å². The third-order valence-electron chi connectivity index (χ3n) is 6.10. The minimum atomic E-state index is 0.592. The van der Waals surface area contributed by atoms with E-state index in [1.54, 1.807) is 0 Å². The highest BCUT2D eigenvalue weighted by Crippen LogP contribution is 2.32. The van der Waals surface area contributed by atoms with Gasteiger partial charge in [0.25, 0.3) is 0 Å². The maximum absolute atomic E-state index is 5.78. The van der Waals surface area contributed by atoms with Crippen molar-refractivity contribution in [1.29, 1.82) is 0 Å². The molecule has 128 valence electrons. The predicted molar refractivity (Wildman–Crippen MR) is 96.3 cm³/mol. The molecule has 23 heavy (non-hydrogen) atoms. The van der Waals surface area contributed by atoms with Crippen LogP contribution in [0.2, 0.25) is 0 Å². The Hall–Kier alpha value is -0.930. The zero-order chi connectivity index (χ0) is 16.1. The maximum atomic E-state index is 5.78. The normalized spacial score (nSPS) is 29.0. The smallest absolute Gasteiger partial charge is 0.0403 e. The average Bonchev–Trinajstić information content (AvgIpc) is 3.02. The Balaban J connectivity index is 1.41. The van der Waals surface area contributed by atoms with Gasteiger partial charge in [-0.3, -0.25) is 9.88 Å². The first kappa shape index (κ1) is 16.9. The molecule has 0 amide bonds. The number of aromatic nitrogens is 1. The van der Waals surface area contributed by atoms with Crippen LogP contribution in [0.4, 0.5) is 0 Å². The van der Waals surface area contributed by atoms with Gasteiger partial charge in [0, 0.05) is 17.9 Å². The van der Waals surface area contributed by atoms with E-state index in [0.717, 1.165) is 24.8 Å². The molecule has 0 radical (unpaired) electrons. The third kappa shape index (κ3) is 4.54. The molecule has 0 bridgehead atoms. The lowest BCUT2D eigenvalue weighted by atomic mass is 9.80. The SMILES string of the molecule is CN1CCC[C@H]1c1ccc(CCCC2CCC(CN)CC2)nc1. The van der Waals surface area contributed by atoms with Gasteiger partial charge in [-0.2, -0.15) is 0 Å². The second-order valence-corrected chi connectivity index (χ2v) is 7.74. The quantitative estimate of drug-likeness (QED) is 0.864. The Bertz CT molecular complexity index is 462. The number of likely N-dealkylation sites (tertiary alicyclic amines) is 1.